The molecule has 2 unspecified atom stereocenters. The van der Waals surface area contributed by atoms with E-state index >= 15 is 0 Å². The van der Waals surface area contributed by atoms with Crippen LogP contribution in [0, 0.1) is 6.92 Å². The van der Waals surface area contributed by atoms with E-state index in [1.807, 2.05) is 32.2 Å². The predicted molar refractivity (Wildman–Crippen MR) is 121 cm³/mol. The molecule has 30 heavy (non-hydrogen) atoms. The minimum absolute atomic E-state index is 0.215. The highest BCUT2D eigenvalue weighted by Gasteiger charge is 2.28. The summed E-state index contributed by atoms with van der Waals surface area (Å²) in [5.74, 6) is 3.65. The van der Waals surface area contributed by atoms with Crippen LogP contribution >= 0.6 is 11.6 Å². The molecule has 2 atom stereocenters. The Balaban J connectivity index is 1.34. The molecule has 0 radical (unpaired) electrons. The van der Waals surface area contributed by atoms with Crippen molar-refractivity contribution in [3.05, 3.63) is 47.0 Å². The van der Waals surface area contributed by atoms with Crippen LogP contribution in [0.1, 0.15) is 36.8 Å². The second-order valence-corrected chi connectivity index (χ2v) is 8.45. The van der Waals surface area contributed by atoms with Crippen molar-refractivity contribution in [2.75, 3.05) is 44.7 Å². The van der Waals surface area contributed by atoms with Gasteiger partial charge in [-0.15, -0.1) is 0 Å². The smallest absolute Gasteiger partial charge is 0.191 e. The van der Waals surface area contributed by atoms with E-state index in [1.165, 1.54) is 12.8 Å². The summed E-state index contributed by atoms with van der Waals surface area (Å²) in [7, 11) is 1.82. The fourth-order valence-electron chi connectivity index (χ4n) is 4.36. The summed E-state index contributed by atoms with van der Waals surface area (Å²) >= 11 is 6.32. The lowest BCUT2D eigenvalue weighted by Crippen LogP contribution is -2.47. The maximum atomic E-state index is 6.32. The van der Waals surface area contributed by atoms with Gasteiger partial charge in [0.25, 0.3) is 0 Å². The molecule has 162 valence electrons. The minimum atomic E-state index is 0.215. The summed E-state index contributed by atoms with van der Waals surface area (Å²) in [6.07, 6.45) is 5.30. The molecule has 0 aliphatic carbocycles. The lowest BCUT2D eigenvalue weighted by atomic mass is 10.2. The molecule has 2 aliphatic heterocycles. The minimum Gasteiger partial charge on any atom is -0.465 e. The van der Waals surface area contributed by atoms with Crippen molar-refractivity contribution in [1.29, 1.82) is 0 Å². The van der Waals surface area contributed by atoms with Gasteiger partial charge in [-0.3, -0.25) is 9.89 Å². The van der Waals surface area contributed by atoms with Gasteiger partial charge in [0.2, 0.25) is 0 Å². The van der Waals surface area contributed by atoms with Gasteiger partial charge in [-0.1, -0.05) is 11.6 Å². The number of pyridine rings is 1. The lowest BCUT2D eigenvalue weighted by Gasteiger charge is -2.27. The van der Waals surface area contributed by atoms with Gasteiger partial charge in [-0.25, -0.2) is 4.98 Å². The van der Waals surface area contributed by atoms with Gasteiger partial charge in [-0.2, -0.15) is 0 Å². The molecule has 0 aromatic carbocycles. The van der Waals surface area contributed by atoms with Crippen molar-refractivity contribution in [3.8, 4) is 0 Å². The van der Waals surface area contributed by atoms with Gasteiger partial charge in [0.1, 0.15) is 17.3 Å². The number of likely N-dealkylation sites (tertiary alicyclic amines) is 1. The highest BCUT2D eigenvalue weighted by Crippen LogP contribution is 2.27. The predicted octanol–water partition coefficient (Wildman–Crippen LogP) is 3.22. The summed E-state index contributed by atoms with van der Waals surface area (Å²) in [4.78, 5) is 13.6. The van der Waals surface area contributed by atoms with Crippen LogP contribution in [0.4, 0.5) is 5.82 Å². The van der Waals surface area contributed by atoms with Gasteiger partial charge in [0.05, 0.1) is 11.1 Å². The van der Waals surface area contributed by atoms with Crippen molar-refractivity contribution in [1.82, 2.24) is 20.5 Å². The van der Waals surface area contributed by atoms with Crippen molar-refractivity contribution in [2.45, 2.75) is 38.3 Å². The zero-order valence-corrected chi connectivity index (χ0v) is 18.5. The summed E-state index contributed by atoms with van der Waals surface area (Å²) < 4.78 is 5.96. The Bertz CT molecular complexity index is 863. The Morgan fingerprint density at radius 1 is 1.30 bits per heavy atom. The van der Waals surface area contributed by atoms with E-state index in [9.17, 15) is 0 Å². The van der Waals surface area contributed by atoms with Crippen molar-refractivity contribution < 1.29 is 4.42 Å². The number of furan rings is 1. The molecule has 0 amide bonds. The number of nitrogens with one attached hydrogen (secondary N) is 2. The fourth-order valence-corrected chi connectivity index (χ4v) is 4.60. The van der Waals surface area contributed by atoms with Crippen LogP contribution in [-0.4, -0.2) is 61.7 Å². The molecule has 8 heteroatoms. The second kappa shape index (κ2) is 9.71. The van der Waals surface area contributed by atoms with Crippen molar-refractivity contribution in [3.63, 3.8) is 0 Å². The molecule has 0 spiro atoms. The highest BCUT2D eigenvalue weighted by atomic mass is 35.5. The Morgan fingerprint density at radius 2 is 2.13 bits per heavy atom. The van der Waals surface area contributed by atoms with Crippen LogP contribution in [0.2, 0.25) is 5.02 Å². The number of nitrogens with zero attached hydrogens (tertiary/aromatic N) is 4. The quantitative estimate of drug-likeness (QED) is 0.541. The first-order chi connectivity index (χ1) is 14.6. The first-order valence-corrected chi connectivity index (χ1v) is 11.1. The molecule has 0 saturated carbocycles. The van der Waals surface area contributed by atoms with E-state index in [1.54, 1.807) is 6.20 Å². The van der Waals surface area contributed by atoms with Gasteiger partial charge < -0.3 is 20.0 Å². The molecule has 2 aliphatic rings. The third kappa shape index (κ3) is 4.90. The van der Waals surface area contributed by atoms with E-state index in [4.69, 9.17) is 16.0 Å². The second-order valence-electron chi connectivity index (χ2n) is 8.05. The van der Waals surface area contributed by atoms with E-state index in [0.29, 0.717) is 11.1 Å². The Labute approximate surface area is 183 Å². The van der Waals surface area contributed by atoms with E-state index in [0.717, 1.165) is 62.4 Å². The maximum Gasteiger partial charge on any atom is 0.191 e. The molecule has 7 nitrogen and oxygen atoms in total. The first kappa shape index (κ1) is 21.0. The monoisotopic (exact) mass is 430 g/mol. The first-order valence-electron chi connectivity index (χ1n) is 10.8. The summed E-state index contributed by atoms with van der Waals surface area (Å²) in [6, 6.07) is 8.40. The number of hydrogen-bond donors (Lipinski definition) is 2. The Kier molecular flexibility index (Phi) is 6.79. The van der Waals surface area contributed by atoms with Crippen LogP contribution in [0.3, 0.4) is 0 Å². The average molecular weight is 431 g/mol. The topological polar surface area (TPSA) is 68.9 Å². The maximum absolute atomic E-state index is 6.32. The summed E-state index contributed by atoms with van der Waals surface area (Å²) in [5, 5.41) is 7.79. The number of halogens is 1. The van der Waals surface area contributed by atoms with Crippen LogP contribution < -0.4 is 15.5 Å². The van der Waals surface area contributed by atoms with Gasteiger partial charge >= 0.3 is 0 Å². The largest absolute Gasteiger partial charge is 0.465 e. The molecule has 0 bridgehead atoms. The molecule has 4 heterocycles. The summed E-state index contributed by atoms with van der Waals surface area (Å²) in [6.45, 7) is 6.76. The zero-order chi connectivity index (χ0) is 20.9. The van der Waals surface area contributed by atoms with E-state index < -0.39 is 0 Å². The van der Waals surface area contributed by atoms with Crippen LogP contribution in [0.15, 0.2) is 39.9 Å². The van der Waals surface area contributed by atoms with Crippen LogP contribution in [-0.2, 0) is 0 Å². The van der Waals surface area contributed by atoms with Gasteiger partial charge in [0.15, 0.2) is 5.96 Å². The number of aromatic nitrogens is 1. The molecule has 4 rings (SSSR count). The normalized spacial score (nSPS) is 21.2. The Morgan fingerprint density at radius 3 is 2.83 bits per heavy atom. The third-order valence-electron chi connectivity index (χ3n) is 5.93. The van der Waals surface area contributed by atoms with Gasteiger partial charge in [-0.05, 0) is 63.5 Å². The number of rotatable bonds is 6. The molecular weight excluding hydrogens is 400 g/mol. The molecule has 2 fully saturated rings. The van der Waals surface area contributed by atoms with Crippen LogP contribution in [0.25, 0.3) is 0 Å². The molecule has 2 N–H and O–H groups in total. The standard InChI is InChI=1S/C22H31ClN6O/c1-16-7-8-20(30-16)19(28-11-3-4-12-28)14-26-22(24-2)27-17-9-13-29(15-17)21-18(23)6-5-10-25-21/h5-8,10,17,19H,3-4,9,11-15H2,1-2H3,(H2,24,26,27). The number of guanidine groups is 1. The fraction of sp³-hybridized carbons (Fsp3) is 0.545. The third-order valence-corrected chi connectivity index (χ3v) is 6.22. The van der Waals surface area contributed by atoms with Crippen LogP contribution in [0.5, 0.6) is 0 Å². The molecular formula is C22H31ClN6O. The summed E-state index contributed by atoms with van der Waals surface area (Å²) in [5.41, 5.74) is 0. The Hall–Kier alpha value is -2.25. The van der Waals surface area contributed by atoms with Gasteiger partial charge in [0, 0.05) is 38.9 Å². The van der Waals surface area contributed by atoms with E-state index in [2.05, 4.69) is 36.5 Å². The molecule has 2 saturated heterocycles. The molecule has 2 aromatic rings. The van der Waals surface area contributed by atoms with Crippen molar-refractivity contribution in [2.24, 2.45) is 4.99 Å². The highest BCUT2D eigenvalue weighted by molar-refractivity contribution is 6.32. The zero-order valence-electron chi connectivity index (χ0n) is 17.8. The average Bonchev–Trinajstić information content (AvgIpc) is 3.50. The van der Waals surface area contributed by atoms with E-state index in [-0.39, 0.29) is 6.04 Å². The number of anilines is 1. The number of aliphatic imine (C=N–C) groups is 1. The SMILES string of the molecule is CN=C(NCC(c1ccc(C)o1)N1CCCC1)NC1CCN(c2ncccc2Cl)C1. The number of aryl methyl sites for hydroxylation is 1. The lowest BCUT2D eigenvalue weighted by molar-refractivity contribution is 0.213. The molecule has 2 aromatic heterocycles. The number of hydrogen-bond acceptors (Lipinski definition) is 5. The van der Waals surface area contributed by atoms with Crippen molar-refractivity contribution >= 4 is 23.4 Å².